The van der Waals surface area contributed by atoms with Gasteiger partial charge in [0.15, 0.2) is 0 Å². The standard InChI is InChI=1S/C33H33ClFIN6O/c1-2-16-42(17-3-14-36)18-15-37-32(43)23-6-11-27(12-7-23)40-33-39-21-24-20-38-30(22-4-9-26(35)10-5-22)29-19-25(34)8-13-28(29)31(24)41-33/h4-13,19,21H,2-3,14-18,20H2,1H3,(H,37,43)(H,39,40,41). The Bertz CT molecular complexity index is 1600. The molecule has 4 aromatic rings. The van der Waals surface area contributed by atoms with Gasteiger partial charge in [-0.2, -0.15) is 0 Å². The monoisotopic (exact) mass is 710 g/mol. The molecular formula is C33H33ClFIN6O. The number of hydrogen-bond donors (Lipinski definition) is 2. The minimum absolute atomic E-state index is 0.0922. The molecule has 5 rings (SSSR count). The van der Waals surface area contributed by atoms with Crippen LogP contribution in [0.2, 0.25) is 5.02 Å². The van der Waals surface area contributed by atoms with Gasteiger partial charge in [-0.1, -0.05) is 47.2 Å². The lowest BCUT2D eigenvalue weighted by Crippen LogP contribution is -2.36. The molecule has 2 N–H and O–H groups in total. The lowest BCUT2D eigenvalue weighted by atomic mass is 9.95. The summed E-state index contributed by atoms with van der Waals surface area (Å²) in [5, 5.41) is 6.87. The van der Waals surface area contributed by atoms with Gasteiger partial charge in [0.25, 0.3) is 5.91 Å². The van der Waals surface area contributed by atoms with Crippen molar-refractivity contribution in [3.8, 4) is 11.3 Å². The third-order valence-corrected chi connectivity index (χ3v) is 8.14. The van der Waals surface area contributed by atoms with Crippen LogP contribution >= 0.6 is 34.2 Å². The molecule has 7 nitrogen and oxygen atoms in total. The summed E-state index contributed by atoms with van der Waals surface area (Å²) in [6.45, 7) is 6.10. The predicted molar refractivity (Wildman–Crippen MR) is 181 cm³/mol. The molecule has 0 fully saturated rings. The fourth-order valence-corrected chi connectivity index (χ4v) is 5.55. The Labute approximate surface area is 270 Å². The van der Waals surface area contributed by atoms with Crippen molar-refractivity contribution in [1.29, 1.82) is 0 Å². The SMILES string of the molecule is CCCN(CCCI)CCNC(=O)c1ccc(Nc2ncc3c(n2)-c2ccc(Cl)cc2C(c2ccc(F)cc2)=NC3)cc1. The number of carbonyl (C=O) groups excluding carboxylic acids is 1. The van der Waals surface area contributed by atoms with Gasteiger partial charge in [0.1, 0.15) is 5.82 Å². The number of nitrogens with zero attached hydrogens (tertiary/aromatic N) is 4. The molecule has 0 aliphatic carbocycles. The number of benzene rings is 3. The van der Waals surface area contributed by atoms with Gasteiger partial charge in [-0.25, -0.2) is 14.4 Å². The van der Waals surface area contributed by atoms with E-state index in [-0.39, 0.29) is 11.7 Å². The fourth-order valence-electron chi connectivity index (χ4n) is 5.04. The molecule has 0 radical (unpaired) electrons. The molecule has 3 aromatic carbocycles. The molecule has 0 atom stereocenters. The maximum absolute atomic E-state index is 13.6. The first kappa shape index (κ1) is 31.0. The Balaban J connectivity index is 1.29. The van der Waals surface area contributed by atoms with Crippen LogP contribution in [0, 0.1) is 5.82 Å². The van der Waals surface area contributed by atoms with Crippen LogP contribution in [0.4, 0.5) is 16.0 Å². The molecule has 0 spiro atoms. The smallest absolute Gasteiger partial charge is 0.251 e. The number of aliphatic imine (C=N–C) groups is 1. The van der Waals surface area contributed by atoms with Gasteiger partial charge in [0, 0.05) is 62.2 Å². The first-order valence-corrected chi connectivity index (χ1v) is 16.3. The Hall–Kier alpha value is -3.41. The van der Waals surface area contributed by atoms with Crippen molar-refractivity contribution in [1.82, 2.24) is 20.2 Å². The molecule has 0 bridgehead atoms. The van der Waals surface area contributed by atoms with Gasteiger partial charge in [-0.15, -0.1) is 0 Å². The molecule has 1 aromatic heterocycles. The molecule has 0 unspecified atom stereocenters. The zero-order valence-electron chi connectivity index (χ0n) is 23.9. The molecule has 1 aliphatic rings. The molecule has 0 saturated heterocycles. The topological polar surface area (TPSA) is 82.5 Å². The zero-order chi connectivity index (χ0) is 30.2. The second-order valence-corrected chi connectivity index (χ2v) is 11.8. The second-order valence-electron chi connectivity index (χ2n) is 10.3. The number of carbonyl (C=O) groups is 1. The molecule has 43 heavy (non-hydrogen) atoms. The Morgan fingerprint density at radius 3 is 2.56 bits per heavy atom. The maximum Gasteiger partial charge on any atom is 0.251 e. The number of alkyl halides is 1. The first-order chi connectivity index (χ1) is 20.9. The van der Waals surface area contributed by atoms with E-state index in [2.05, 4.69) is 50.0 Å². The number of hydrogen-bond acceptors (Lipinski definition) is 6. The van der Waals surface area contributed by atoms with Crippen molar-refractivity contribution in [2.45, 2.75) is 26.3 Å². The van der Waals surface area contributed by atoms with Gasteiger partial charge in [-0.3, -0.25) is 9.79 Å². The summed E-state index contributed by atoms with van der Waals surface area (Å²) in [4.78, 5) is 29.3. The second kappa shape index (κ2) is 14.9. The third-order valence-electron chi connectivity index (χ3n) is 7.15. The van der Waals surface area contributed by atoms with E-state index in [0.717, 1.165) is 76.3 Å². The van der Waals surface area contributed by atoms with E-state index in [9.17, 15) is 9.18 Å². The van der Waals surface area contributed by atoms with Gasteiger partial charge < -0.3 is 15.5 Å². The summed E-state index contributed by atoms with van der Waals surface area (Å²) < 4.78 is 14.8. The maximum atomic E-state index is 13.6. The van der Waals surface area contributed by atoms with Gasteiger partial charge >= 0.3 is 0 Å². The van der Waals surface area contributed by atoms with Crippen molar-refractivity contribution in [2.24, 2.45) is 4.99 Å². The lowest BCUT2D eigenvalue weighted by molar-refractivity contribution is 0.0948. The van der Waals surface area contributed by atoms with E-state index in [1.165, 1.54) is 12.1 Å². The van der Waals surface area contributed by atoms with Crippen LogP contribution in [0.5, 0.6) is 0 Å². The largest absolute Gasteiger partial charge is 0.351 e. The van der Waals surface area contributed by atoms with Gasteiger partial charge in [0.2, 0.25) is 5.95 Å². The molecular weight excluding hydrogens is 678 g/mol. The molecule has 222 valence electrons. The highest BCUT2D eigenvalue weighted by Crippen LogP contribution is 2.34. The molecule has 1 amide bonds. The summed E-state index contributed by atoms with van der Waals surface area (Å²) in [6, 6.07) is 19.2. The van der Waals surface area contributed by atoms with Gasteiger partial charge in [-0.05, 0) is 86.6 Å². The van der Waals surface area contributed by atoms with Crippen LogP contribution in [-0.4, -0.2) is 57.1 Å². The van der Waals surface area contributed by atoms with Crippen LogP contribution < -0.4 is 10.6 Å². The minimum Gasteiger partial charge on any atom is -0.351 e. The van der Waals surface area contributed by atoms with E-state index in [1.54, 1.807) is 30.5 Å². The summed E-state index contributed by atoms with van der Waals surface area (Å²) >= 11 is 8.79. The lowest BCUT2D eigenvalue weighted by Gasteiger charge is -2.21. The number of rotatable bonds is 12. The number of fused-ring (bicyclic) bond motifs is 3. The third kappa shape index (κ3) is 7.95. The highest BCUT2D eigenvalue weighted by molar-refractivity contribution is 14.1. The molecule has 2 heterocycles. The molecule has 0 saturated carbocycles. The first-order valence-electron chi connectivity index (χ1n) is 14.4. The number of nitrogens with one attached hydrogen (secondary N) is 2. The molecule has 10 heteroatoms. The quantitative estimate of drug-likeness (QED) is 0.119. The van der Waals surface area contributed by atoms with E-state index < -0.39 is 0 Å². The molecule has 1 aliphatic heterocycles. The number of anilines is 2. The van der Waals surface area contributed by atoms with Crippen molar-refractivity contribution in [2.75, 3.05) is 35.9 Å². The Kier molecular flexibility index (Phi) is 10.7. The van der Waals surface area contributed by atoms with Crippen LogP contribution in [0.3, 0.4) is 0 Å². The highest BCUT2D eigenvalue weighted by Gasteiger charge is 2.21. The fraction of sp³-hybridized carbons (Fsp3) is 0.273. The Morgan fingerprint density at radius 1 is 1.02 bits per heavy atom. The average molecular weight is 711 g/mol. The van der Waals surface area contributed by atoms with E-state index in [0.29, 0.717) is 29.6 Å². The van der Waals surface area contributed by atoms with Crippen molar-refractivity contribution < 1.29 is 9.18 Å². The number of halogens is 3. The van der Waals surface area contributed by atoms with E-state index >= 15 is 0 Å². The summed E-state index contributed by atoms with van der Waals surface area (Å²) in [5.74, 6) is 0.0224. The number of amides is 1. The summed E-state index contributed by atoms with van der Waals surface area (Å²) in [7, 11) is 0. The number of aromatic nitrogens is 2. The average Bonchev–Trinajstić information content (AvgIpc) is 3.17. The Morgan fingerprint density at radius 2 is 1.81 bits per heavy atom. The van der Waals surface area contributed by atoms with Crippen LogP contribution in [-0.2, 0) is 6.54 Å². The van der Waals surface area contributed by atoms with Crippen LogP contribution in [0.1, 0.15) is 46.8 Å². The minimum atomic E-state index is -0.306. The summed E-state index contributed by atoms with van der Waals surface area (Å²) in [5.41, 5.74) is 6.17. The van der Waals surface area contributed by atoms with E-state index in [4.69, 9.17) is 21.6 Å². The van der Waals surface area contributed by atoms with Gasteiger partial charge in [0.05, 0.1) is 18.0 Å². The van der Waals surface area contributed by atoms with Crippen LogP contribution in [0.25, 0.3) is 11.3 Å². The van der Waals surface area contributed by atoms with E-state index in [1.807, 2.05) is 30.3 Å². The van der Waals surface area contributed by atoms with Crippen molar-refractivity contribution >= 4 is 57.4 Å². The predicted octanol–water partition coefficient (Wildman–Crippen LogP) is 7.30. The van der Waals surface area contributed by atoms with Crippen LogP contribution in [0.15, 0.2) is 77.9 Å². The van der Waals surface area contributed by atoms with Crippen molar-refractivity contribution in [3.63, 3.8) is 0 Å². The zero-order valence-corrected chi connectivity index (χ0v) is 26.8. The highest BCUT2D eigenvalue weighted by atomic mass is 127. The summed E-state index contributed by atoms with van der Waals surface area (Å²) in [6.07, 6.45) is 4.02. The normalized spacial score (nSPS) is 12.3. The van der Waals surface area contributed by atoms with Crippen molar-refractivity contribution in [3.05, 3.63) is 106 Å².